The van der Waals surface area contributed by atoms with Crippen LogP contribution >= 0.6 is 11.3 Å². The lowest BCUT2D eigenvalue weighted by Gasteiger charge is -2.35. The van der Waals surface area contributed by atoms with Crippen molar-refractivity contribution in [3.8, 4) is 11.5 Å². The molecule has 1 aliphatic heterocycles. The first-order valence-electron chi connectivity index (χ1n) is 6.56. The molecule has 0 aliphatic carbocycles. The van der Waals surface area contributed by atoms with Crippen LogP contribution in [0.25, 0.3) is 0 Å². The lowest BCUT2D eigenvalue weighted by Crippen LogP contribution is -2.34. The van der Waals surface area contributed by atoms with Crippen molar-refractivity contribution in [1.29, 1.82) is 0 Å². The van der Waals surface area contributed by atoms with Gasteiger partial charge in [-0.2, -0.15) is 0 Å². The molecule has 0 fully saturated rings. The summed E-state index contributed by atoms with van der Waals surface area (Å²) in [5.74, 6) is 1.43. The number of thiazole rings is 1. The molecule has 1 aromatic heterocycles. The van der Waals surface area contributed by atoms with E-state index in [4.69, 9.17) is 9.47 Å². The van der Waals surface area contributed by atoms with E-state index in [1.807, 2.05) is 37.4 Å². The smallest absolute Gasteiger partial charge is 0.140 e. The van der Waals surface area contributed by atoms with E-state index < -0.39 is 6.10 Å². The molecule has 0 saturated heterocycles. The van der Waals surface area contributed by atoms with Gasteiger partial charge in [-0.3, -0.25) is 0 Å². The Labute approximate surface area is 122 Å². The zero-order chi connectivity index (χ0) is 14.2. The number of aliphatic hydroxyl groups excluding tert-OH is 1. The van der Waals surface area contributed by atoms with Crippen LogP contribution in [0.15, 0.2) is 29.8 Å². The van der Waals surface area contributed by atoms with Crippen molar-refractivity contribution in [2.24, 2.45) is 0 Å². The van der Waals surface area contributed by atoms with E-state index in [0.717, 1.165) is 16.3 Å². The third-order valence-corrected chi connectivity index (χ3v) is 4.01. The van der Waals surface area contributed by atoms with E-state index in [2.05, 4.69) is 4.98 Å². The molecule has 3 rings (SSSR count). The predicted molar refractivity (Wildman–Crippen MR) is 77.2 cm³/mol. The van der Waals surface area contributed by atoms with Crippen molar-refractivity contribution in [1.82, 2.24) is 4.98 Å². The highest BCUT2D eigenvalue weighted by molar-refractivity contribution is 7.09. The molecule has 2 aromatic rings. The summed E-state index contributed by atoms with van der Waals surface area (Å²) in [6.45, 7) is 4.40. The van der Waals surface area contributed by atoms with E-state index >= 15 is 0 Å². The molecule has 0 saturated carbocycles. The molecule has 1 aromatic carbocycles. The van der Waals surface area contributed by atoms with Gasteiger partial charge in [-0.15, -0.1) is 11.3 Å². The topological polar surface area (TPSA) is 51.6 Å². The number of fused-ring (bicyclic) bond motifs is 1. The first-order valence-corrected chi connectivity index (χ1v) is 7.44. The highest BCUT2D eigenvalue weighted by Gasteiger charge is 2.32. The van der Waals surface area contributed by atoms with E-state index in [1.54, 1.807) is 17.5 Å². The van der Waals surface area contributed by atoms with Crippen LogP contribution < -0.4 is 9.47 Å². The lowest BCUT2D eigenvalue weighted by atomic mass is 9.92. The number of aromatic nitrogens is 1. The Bertz CT molecular complexity index is 595. The van der Waals surface area contributed by atoms with Gasteiger partial charge >= 0.3 is 0 Å². The van der Waals surface area contributed by atoms with E-state index in [1.165, 1.54) is 0 Å². The second kappa shape index (κ2) is 5.07. The van der Waals surface area contributed by atoms with Gasteiger partial charge in [0.05, 0.1) is 6.10 Å². The molecular weight excluding hydrogens is 274 g/mol. The molecule has 0 bridgehead atoms. The number of rotatable bonds is 3. The second-order valence-corrected chi connectivity index (χ2v) is 6.47. The van der Waals surface area contributed by atoms with Crippen molar-refractivity contribution in [3.63, 3.8) is 0 Å². The normalized spacial score (nSPS) is 20.1. The maximum atomic E-state index is 10.1. The Balaban J connectivity index is 1.78. The molecule has 1 unspecified atom stereocenters. The van der Waals surface area contributed by atoms with Crippen LogP contribution in [0.3, 0.4) is 0 Å². The summed E-state index contributed by atoms with van der Waals surface area (Å²) in [5.41, 5.74) is 0.464. The van der Waals surface area contributed by atoms with Crippen LogP contribution in [-0.2, 0) is 6.61 Å². The van der Waals surface area contributed by atoms with E-state index in [-0.39, 0.29) is 5.60 Å². The van der Waals surface area contributed by atoms with Crippen LogP contribution in [0.1, 0.15) is 36.9 Å². The van der Waals surface area contributed by atoms with Gasteiger partial charge in [0.2, 0.25) is 0 Å². The van der Waals surface area contributed by atoms with Gasteiger partial charge < -0.3 is 14.6 Å². The molecule has 1 N–H and O–H groups in total. The summed E-state index contributed by atoms with van der Waals surface area (Å²) in [6.07, 6.45) is 1.87. The molecular formula is C15H17NO3S. The van der Waals surface area contributed by atoms with Crippen molar-refractivity contribution < 1.29 is 14.6 Å². The molecule has 0 radical (unpaired) electrons. The number of hydrogen-bond acceptors (Lipinski definition) is 5. The highest BCUT2D eigenvalue weighted by atomic mass is 32.1. The van der Waals surface area contributed by atoms with Crippen LogP contribution in [0, 0.1) is 0 Å². The summed E-state index contributed by atoms with van der Waals surface area (Å²) in [7, 11) is 0. The van der Waals surface area contributed by atoms with Gasteiger partial charge in [-0.05, 0) is 26.0 Å². The minimum absolute atomic E-state index is 0.361. The van der Waals surface area contributed by atoms with Crippen molar-refractivity contribution >= 4 is 11.3 Å². The van der Waals surface area contributed by atoms with Gasteiger partial charge in [0.1, 0.15) is 28.7 Å². The Morgan fingerprint density at radius 2 is 2.35 bits per heavy atom. The average molecular weight is 291 g/mol. The predicted octanol–water partition coefficient (Wildman–Crippen LogP) is 3.32. The highest BCUT2D eigenvalue weighted by Crippen LogP contribution is 2.41. The summed E-state index contributed by atoms with van der Waals surface area (Å²) in [4.78, 5) is 4.18. The number of hydrogen-bond donors (Lipinski definition) is 1. The zero-order valence-electron chi connectivity index (χ0n) is 11.5. The molecule has 0 spiro atoms. The Morgan fingerprint density at radius 3 is 3.10 bits per heavy atom. The summed E-state index contributed by atoms with van der Waals surface area (Å²) < 4.78 is 11.6. The first kappa shape index (κ1) is 13.4. The van der Waals surface area contributed by atoms with E-state index in [0.29, 0.717) is 18.8 Å². The van der Waals surface area contributed by atoms with Gasteiger partial charge in [-0.25, -0.2) is 4.98 Å². The first-order chi connectivity index (χ1) is 9.53. The number of ether oxygens (including phenoxy) is 2. The second-order valence-electron chi connectivity index (χ2n) is 5.50. The number of nitrogens with zero attached hydrogens (tertiary/aromatic N) is 1. The van der Waals surface area contributed by atoms with Crippen LogP contribution in [0.4, 0.5) is 0 Å². The minimum Gasteiger partial charge on any atom is -0.487 e. The third-order valence-electron chi connectivity index (χ3n) is 3.26. The number of aliphatic hydroxyl groups is 1. The molecule has 5 heteroatoms. The molecule has 1 aliphatic rings. The van der Waals surface area contributed by atoms with Gasteiger partial charge in [-0.1, -0.05) is 0 Å². The van der Waals surface area contributed by atoms with E-state index in [9.17, 15) is 5.11 Å². The molecule has 2 heterocycles. The molecule has 0 amide bonds. The van der Waals surface area contributed by atoms with Crippen LogP contribution in [-0.4, -0.2) is 15.7 Å². The standard InChI is InChI=1S/C15H17NO3S/c1-15(2)8-12(17)11-4-3-10(7-13(11)19-15)18-9-14-16-5-6-20-14/h3-7,12,17H,8-9H2,1-2H3. The third kappa shape index (κ3) is 2.78. The molecule has 106 valence electrons. The SMILES string of the molecule is CC1(C)CC(O)c2ccc(OCc3nccs3)cc2O1. The summed E-state index contributed by atoms with van der Waals surface area (Å²) in [6, 6.07) is 5.57. The zero-order valence-corrected chi connectivity index (χ0v) is 12.3. The minimum atomic E-state index is -0.484. The van der Waals surface area contributed by atoms with Crippen molar-refractivity contribution in [2.45, 2.75) is 38.6 Å². The fourth-order valence-electron chi connectivity index (χ4n) is 2.35. The van der Waals surface area contributed by atoms with Gasteiger partial charge in [0.15, 0.2) is 0 Å². The lowest BCUT2D eigenvalue weighted by molar-refractivity contribution is 0.0113. The average Bonchev–Trinajstić information content (AvgIpc) is 2.87. The fourth-order valence-corrected chi connectivity index (χ4v) is 2.88. The molecule has 20 heavy (non-hydrogen) atoms. The largest absolute Gasteiger partial charge is 0.487 e. The van der Waals surface area contributed by atoms with Crippen molar-refractivity contribution in [3.05, 3.63) is 40.3 Å². The van der Waals surface area contributed by atoms with Crippen LogP contribution in [0.2, 0.25) is 0 Å². The summed E-state index contributed by atoms with van der Waals surface area (Å²) in [5, 5.41) is 13.0. The monoisotopic (exact) mass is 291 g/mol. The number of benzene rings is 1. The Morgan fingerprint density at radius 1 is 1.50 bits per heavy atom. The quantitative estimate of drug-likeness (QED) is 0.942. The van der Waals surface area contributed by atoms with Crippen LogP contribution in [0.5, 0.6) is 11.5 Å². The Hall–Kier alpha value is -1.59. The molecule has 1 atom stereocenters. The fraction of sp³-hybridized carbons (Fsp3) is 0.400. The molecule has 4 nitrogen and oxygen atoms in total. The summed E-state index contributed by atoms with van der Waals surface area (Å²) >= 11 is 1.56. The maximum Gasteiger partial charge on any atom is 0.140 e. The maximum absolute atomic E-state index is 10.1. The van der Waals surface area contributed by atoms with Gasteiger partial charge in [0, 0.05) is 29.6 Å². The van der Waals surface area contributed by atoms with Gasteiger partial charge in [0.25, 0.3) is 0 Å². The van der Waals surface area contributed by atoms with Crippen molar-refractivity contribution in [2.75, 3.05) is 0 Å². The Kier molecular flexibility index (Phi) is 3.40.